The van der Waals surface area contributed by atoms with E-state index in [4.69, 9.17) is 5.26 Å². The zero-order valence-electron chi connectivity index (χ0n) is 37.2. The Balaban J connectivity index is 0.668. The largest absolute Gasteiger partial charge is 0.417 e. The second-order valence-corrected chi connectivity index (χ2v) is 18.8. The first kappa shape index (κ1) is 46.0. The molecule has 1 atom stereocenters. The number of nitrogens with one attached hydrogen (secondary N) is 2. The molecule has 5 saturated heterocycles. The number of hydrogen-bond donors (Lipinski definition) is 2. The zero-order valence-corrected chi connectivity index (χ0v) is 37.2. The minimum Gasteiger partial charge on any atom is -0.371 e. The van der Waals surface area contributed by atoms with Crippen LogP contribution < -0.4 is 25.3 Å². The van der Waals surface area contributed by atoms with Crippen LogP contribution in [0.2, 0.25) is 0 Å². The summed E-state index contributed by atoms with van der Waals surface area (Å²) in [6.07, 6.45) is 2.08. The fraction of sp³-hybridized carbons (Fsp3) is 0.521. The summed E-state index contributed by atoms with van der Waals surface area (Å²) in [5.41, 5.74) is 0.335. The van der Waals surface area contributed by atoms with E-state index in [2.05, 4.69) is 30.3 Å². The van der Waals surface area contributed by atoms with Crippen molar-refractivity contribution in [3.63, 3.8) is 0 Å². The number of anilines is 4. The number of benzene rings is 2. The van der Waals surface area contributed by atoms with Crippen LogP contribution in [0.15, 0.2) is 48.7 Å². The molecule has 2 aromatic carbocycles. The molecule has 0 spiro atoms. The van der Waals surface area contributed by atoms with Crippen molar-refractivity contribution in [2.45, 2.75) is 63.6 Å². The molecule has 15 nitrogen and oxygen atoms in total. The van der Waals surface area contributed by atoms with Gasteiger partial charge in [0.25, 0.3) is 11.8 Å². The molecule has 2 N–H and O–H groups in total. The third kappa shape index (κ3) is 9.96. The lowest BCUT2D eigenvalue weighted by Gasteiger charge is -2.41. The molecule has 0 radical (unpaired) electrons. The Hall–Kier alpha value is -6.13. The summed E-state index contributed by atoms with van der Waals surface area (Å²) < 4.78 is 56.0. The van der Waals surface area contributed by atoms with Crippen LogP contribution in [0.5, 0.6) is 0 Å². The van der Waals surface area contributed by atoms with Crippen molar-refractivity contribution in [3.05, 3.63) is 76.7 Å². The highest BCUT2D eigenvalue weighted by Crippen LogP contribution is 2.37. The van der Waals surface area contributed by atoms with Crippen LogP contribution in [-0.2, 0) is 20.6 Å². The number of piperazine rings is 1. The second kappa shape index (κ2) is 19.2. The third-order valence-corrected chi connectivity index (χ3v) is 14.6. The molecule has 6 aliphatic heterocycles. The first-order valence-electron chi connectivity index (χ1n) is 23.4. The number of aromatic nitrogens is 1. The van der Waals surface area contributed by atoms with Gasteiger partial charge in [-0.05, 0) is 99.2 Å². The van der Waals surface area contributed by atoms with Gasteiger partial charge in [0.15, 0.2) is 0 Å². The molecular weight excluding hydrogens is 873 g/mol. The Kier molecular flexibility index (Phi) is 13.2. The van der Waals surface area contributed by atoms with Crippen molar-refractivity contribution in [1.82, 2.24) is 25.0 Å². The van der Waals surface area contributed by atoms with E-state index in [1.807, 2.05) is 21.9 Å². The van der Waals surface area contributed by atoms with Crippen molar-refractivity contribution in [2.24, 2.45) is 17.8 Å². The number of piperidine rings is 4. The Labute approximate surface area is 386 Å². The molecule has 5 fully saturated rings. The molecule has 7 heterocycles. The van der Waals surface area contributed by atoms with E-state index in [-0.39, 0.29) is 41.5 Å². The predicted molar refractivity (Wildman–Crippen MR) is 240 cm³/mol. The molecule has 3 aromatic rings. The molecule has 6 aliphatic rings. The average Bonchev–Trinajstić information content (AvgIpc) is 3.56. The zero-order chi connectivity index (χ0) is 47.0. The molecule has 67 heavy (non-hydrogen) atoms. The fourth-order valence-electron chi connectivity index (χ4n) is 10.7. The van der Waals surface area contributed by atoms with Crippen LogP contribution in [0.1, 0.15) is 83.2 Å². The van der Waals surface area contributed by atoms with E-state index < -0.39 is 52.8 Å². The summed E-state index contributed by atoms with van der Waals surface area (Å²) in [6.45, 7) is 10.00. The summed E-state index contributed by atoms with van der Waals surface area (Å²) in [6, 6.07) is 10.6. The summed E-state index contributed by atoms with van der Waals surface area (Å²) in [4.78, 5) is 80.2. The molecule has 0 bridgehead atoms. The standard InChI is InChI=1S/C48H54F4N10O5/c49-39-24-36-37(47(67)62(46(36)66)40-4-6-43(63)56-45(40)65)25-41(39)61-15-9-31(10-16-61)29-58-21-19-57(20-22-58)28-30-7-13-60(14-8-30)35-3-5-42(54-27-35)55-44(64)32-11-17-59(18-12-32)34-2-1-33(26-53)38(23-34)48(50,51)52/h1-3,5,23-25,27,30-32,40H,4,6-22,28-29H2,(H,54,55,64)(H,56,63,65). The second-order valence-electron chi connectivity index (χ2n) is 18.8. The summed E-state index contributed by atoms with van der Waals surface area (Å²) >= 11 is 0. The van der Waals surface area contributed by atoms with Crippen molar-refractivity contribution in [1.29, 1.82) is 5.26 Å². The van der Waals surface area contributed by atoms with Gasteiger partial charge in [-0.25, -0.2) is 9.37 Å². The van der Waals surface area contributed by atoms with Crippen molar-refractivity contribution in [2.75, 3.05) is 98.6 Å². The Bertz CT molecular complexity index is 2430. The van der Waals surface area contributed by atoms with Crippen LogP contribution in [0.3, 0.4) is 0 Å². The van der Waals surface area contributed by atoms with Gasteiger partial charge in [0, 0.05) is 96.6 Å². The van der Waals surface area contributed by atoms with Crippen LogP contribution in [-0.4, -0.2) is 134 Å². The molecule has 9 rings (SSSR count). The maximum atomic E-state index is 15.5. The number of rotatable bonds is 10. The van der Waals surface area contributed by atoms with Crippen molar-refractivity contribution < 1.29 is 41.5 Å². The Morgan fingerprint density at radius 3 is 1.87 bits per heavy atom. The van der Waals surface area contributed by atoms with Crippen molar-refractivity contribution in [3.8, 4) is 6.07 Å². The van der Waals surface area contributed by atoms with Gasteiger partial charge < -0.3 is 29.8 Å². The molecule has 0 aliphatic carbocycles. The number of imide groups is 2. The fourth-order valence-corrected chi connectivity index (χ4v) is 10.7. The smallest absolute Gasteiger partial charge is 0.371 e. The first-order valence-corrected chi connectivity index (χ1v) is 23.4. The first-order chi connectivity index (χ1) is 32.2. The Morgan fingerprint density at radius 1 is 0.731 bits per heavy atom. The molecule has 5 amide bonds. The van der Waals surface area contributed by atoms with Gasteiger partial charge in [-0.15, -0.1) is 0 Å². The summed E-state index contributed by atoms with van der Waals surface area (Å²) in [5, 5.41) is 14.2. The lowest BCUT2D eigenvalue weighted by molar-refractivity contribution is -0.138. The van der Waals surface area contributed by atoms with Gasteiger partial charge in [-0.2, -0.15) is 18.4 Å². The number of pyridine rings is 1. The lowest BCUT2D eigenvalue weighted by atomic mass is 9.94. The molecule has 19 heteroatoms. The minimum absolute atomic E-state index is 0.0156. The van der Waals surface area contributed by atoms with Gasteiger partial charge in [-0.1, -0.05) is 0 Å². The van der Waals surface area contributed by atoms with Gasteiger partial charge in [0.1, 0.15) is 17.7 Å². The van der Waals surface area contributed by atoms with E-state index in [9.17, 15) is 37.1 Å². The van der Waals surface area contributed by atoms with E-state index in [0.717, 1.165) is 101 Å². The third-order valence-electron chi connectivity index (χ3n) is 14.6. The van der Waals surface area contributed by atoms with E-state index in [1.54, 1.807) is 12.3 Å². The Morgan fingerprint density at radius 2 is 1.30 bits per heavy atom. The van der Waals surface area contributed by atoms with Crippen LogP contribution in [0.25, 0.3) is 0 Å². The topological polar surface area (TPSA) is 166 Å². The number of hydrogen-bond acceptors (Lipinski definition) is 12. The highest BCUT2D eigenvalue weighted by Gasteiger charge is 2.45. The number of carbonyl (C=O) groups is 5. The summed E-state index contributed by atoms with van der Waals surface area (Å²) in [7, 11) is 0. The van der Waals surface area contributed by atoms with Gasteiger partial charge in [0.05, 0.1) is 45.9 Å². The van der Waals surface area contributed by atoms with Crippen LogP contribution >= 0.6 is 0 Å². The average molecular weight is 927 g/mol. The predicted octanol–water partition coefficient (Wildman–Crippen LogP) is 5.12. The van der Waals surface area contributed by atoms with E-state index in [0.29, 0.717) is 62.4 Å². The van der Waals surface area contributed by atoms with Gasteiger partial charge >= 0.3 is 6.18 Å². The number of alkyl halides is 3. The highest BCUT2D eigenvalue weighted by atomic mass is 19.4. The maximum Gasteiger partial charge on any atom is 0.417 e. The van der Waals surface area contributed by atoms with Crippen molar-refractivity contribution >= 4 is 52.4 Å². The SMILES string of the molecule is N#Cc1ccc(N2CCC(C(=O)Nc3ccc(N4CCC(CN5CCN(CC6CCN(c7cc8c(cc7F)C(=O)N(C7CCC(=O)NC7=O)C8=O)CC6)CC5)CC4)cn3)CC2)cc1C(F)(F)F. The number of carbonyl (C=O) groups excluding carboxylic acids is 5. The molecule has 354 valence electrons. The molecule has 1 aromatic heterocycles. The lowest BCUT2D eigenvalue weighted by Crippen LogP contribution is -2.54. The minimum atomic E-state index is -4.63. The van der Waals surface area contributed by atoms with Crippen LogP contribution in [0.4, 0.5) is 40.4 Å². The number of nitriles is 1. The summed E-state index contributed by atoms with van der Waals surface area (Å²) in [5.74, 6) is -2.02. The molecule has 0 saturated carbocycles. The van der Waals surface area contributed by atoms with Gasteiger partial charge in [-0.3, -0.25) is 34.2 Å². The number of amides is 5. The number of nitrogens with zero attached hydrogens (tertiary/aromatic N) is 8. The van der Waals surface area contributed by atoms with Crippen LogP contribution in [0, 0.1) is 34.9 Å². The molecule has 1 unspecified atom stereocenters. The number of fused-ring (bicyclic) bond motifs is 1. The van der Waals surface area contributed by atoms with E-state index >= 15 is 4.39 Å². The monoisotopic (exact) mass is 926 g/mol. The highest BCUT2D eigenvalue weighted by molar-refractivity contribution is 6.23. The molecular formula is C48H54F4N10O5. The normalized spacial score (nSPS) is 22.0. The van der Waals surface area contributed by atoms with E-state index in [1.165, 1.54) is 18.2 Å². The quantitative estimate of drug-likeness (QED) is 0.204. The van der Waals surface area contributed by atoms with Gasteiger partial charge in [0.2, 0.25) is 17.7 Å². The number of halogens is 4. The maximum absolute atomic E-state index is 15.5.